The zero-order valence-corrected chi connectivity index (χ0v) is 11.7. The average molecular weight is 269 g/mol. The number of benzene rings is 1. The smallest absolute Gasteiger partial charge is 0.0900 e. The van der Waals surface area contributed by atoms with Gasteiger partial charge in [-0.05, 0) is 30.9 Å². The number of nitrogens with zero attached hydrogens (tertiary/aromatic N) is 2. The SMILES string of the molecule is Cc1nc(C)c(C(N)c2cccc3cnccc23)s1. The average Bonchev–Trinajstić information content (AvgIpc) is 2.76. The van der Waals surface area contributed by atoms with Crippen LogP contribution < -0.4 is 5.73 Å². The Morgan fingerprint density at radius 3 is 2.79 bits per heavy atom. The lowest BCUT2D eigenvalue weighted by atomic mass is 9.99. The highest BCUT2D eigenvalue weighted by Gasteiger charge is 2.17. The van der Waals surface area contributed by atoms with Gasteiger partial charge in [0.15, 0.2) is 0 Å². The molecule has 19 heavy (non-hydrogen) atoms. The van der Waals surface area contributed by atoms with Crippen LogP contribution in [-0.2, 0) is 0 Å². The lowest BCUT2D eigenvalue weighted by molar-refractivity contribution is 0.885. The summed E-state index contributed by atoms with van der Waals surface area (Å²) in [5, 5.41) is 3.34. The van der Waals surface area contributed by atoms with Crippen molar-refractivity contribution in [3.63, 3.8) is 0 Å². The fourth-order valence-corrected chi connectivity index (χ4v) is 3.34. The van der Waals surface area contributed by atoms with Crippen molar-refractivity contribution < 1.29 is 0 Å². The van der Waals surface area contributed by atoms with E-state index in [1.165, 1.54) is 0 Å². The highest BCUT2D eigenvalue weighted by Crippen LogP contribution is 2.31. The van der Waals surface area contributed by atoms with E-state index in [1.54, 1.807) is 11.3 Å². The fraction of sp³-hybridized carbons (Fsp3) is 0.200. The Hall–Kier alpha value is -1.78. The number of hydrogen-bond acceptors (Lipinski definition) is 4. The van der Waals surface area contributed by atoms with Gasteiger partial charge in [0.1, 0.15) is 0 Å². The van der Waals surface area contributed by atoms with E-state index in [0.29, 0.717) is 0 Å². The first-order chi connectivity index (χ1) is 9.16. The second-order valence-electron chi connectivity index (χ2n) is 4.60. The van der Waals surface area contributed by atoms with E-state index in [9.17, 15) is 0 Å². The number of nitrogens with two attached hydrogens (primary N) is 1. The predicted molar refractivity (Wildman–Crippen MR) is 79.4 cm³/mol. The number of aromatic nitrogens is 2. The molecule has 1 atom stereocenters. The Kier molecular flexibility index (Phi) is 3.05. The predicted octanol–water partition coefficient (Wildman–Crippen LogP) is 3.36. The van der Waals surface area contributed by atoms with Crippen LogP contribution in [0.3, 0.4) is 0 Å². The molecule has 2 heterocycles. The largest absolute Gasteiger partial charge is 0.320 e. The summed E-state index contributed by atoms with van der Waals surface area (Å²) in [6.07, 6.45) is 3.68. The Labute approximate surface area is 116 Å². The third-order valence-electron chi connectivity index (χ3n) is 3.27. The molecule has 2 aromatic heterocycles. The summed E-state index contributed by atoms with van der Waals surface area (Å²) in [4.78, 5) is 9.76. The van der Waals surface area contributed by atoms with Gasteiger partial charge in [0, 0.05) is 22.7 Å². The van der Waals surface area contributed by atoms with Gasteiger partial charge in [-0.2, -0.15) is 0 Å². The van der Waals surface area contributed by atoms with Crippen molar-refractivity contribution in [2.75, 3.05) is 0 Å². The molecular weight excluding hydrogens is 254 g/mol. The first-order valence-corrected chi connectivity index (χ1v) is 7.00. The molecule has 0 aliphatic heterocycles. The number of fused-ring (bicyclic) bond motifs is 1. The highest BCUT2D eigenvalue weighted by molar-refractivity contribution is 7.11. The van der Waals surface area contributed by atoms with E-state index in [2.05, 4.69) is 22.1 Å². The van der Waals surface area contributed by atoms with Gasteiger partial charge in [0.25, 0.3) is 0 Å². The maximum atomic E-state index is 6.45. The molecule has 2 N–H and O–H groups in total. The van der Waals surface area contributed by atoms with Crippen LogP contribution in [0.15, 0.2) is 36.7 Å². The maximum Gasteiger partial charge on any atom is 0.0900 e. The van der Waals surface area contributed by atoms with Crippen molar-refractivity contribution in [2.45, 2.75) is 19.9 Å². The zero-order chi connectivity index (χ0) is 13.4. The highest BCUT2D eigenvalue weighted by atomic mass is 32.1. The normalized spacial score (nSPS) is 12.8. The Morgan fingerprint density at radius 1 is 1.21 bits per heavy atom. The Morgan fingerprint density at radius 2 is 2.05 bits per heavy atom. The summed E-state index contributed by atoms with van der Waals surface area (Å²) in [6.45, 7) is 4.03. The molecule has 0 saturated carbocycles. The van der Waals surface area contributed by atoms with Crippen LogP contribution in [0.5, 0.6) is 0 Å². The lowest BCUT2D eigenvalue weighted by Crippen LogP contribution is -2.12. The van der Waals surface area contributed by atoms with Crippen molar-refractivity contribution in [3.05, 3.63) is 57.8 Å². The van der Waals surface area contributed by atoms with Gasteiger partial charge in [-0.15, -0.1) is 11.3 Å². The number of rotatable bonds is 2. The van der Waals surface area contributed by atoms with Crippen LogP contribution in [0.4, 0.5) is 0 Å². The monoisotopic (exact) mass is 269 g/mol. The minimum atomic E-state index is -0.128. The summed E-state index contributed by atoms with van der Waals surface area (Å²) < 4.78 is 0. The van der Waals surface area contributed by atoms with Crippen LogP contribution in [0.2, 0.25) is 0 Å². The second-order valence-corrected chi connectivity index (χ2v) is 5.84. The van der Waals surface area contributed by atoms with Crippen LogP contribution in [0.1, 0.15) is 27.2 Å². The van der Waals surface area contributed by atoms with Gasteiger partial charge in [-0.3, -0.25) is 4.98 Å². The summed E-state index contributed by atoms with van der Waals surface area (Å²) in [6, 6.07) is 8.07. The van der Waals surface area contributed by atoms with Crippen molar-refractivity contribution >= 4 is 22.1 Å². The van der Waals surface area contributed by atoms with Gasteiger partial charge in [0.05, 0.1) is 16.7 Å². The summed E-state index contributed by atoms with van der Waals surface area (Å²) >= 11 is 1.67. The quantitative estimate of drug-likeness (QED) is 0.776. The molecular formula is C15H15N3S. The van der Waals surface area contributed by atoms with Gasteiger partial charge in [-0.1, -0.05) is 18.2 Å². The molecule has 96 valence electrons. The third kappa shape index (κ3) is 2.13. The van der Waals surface area contributed by atoms with Crippen molar-refractivity contribution in [2.24, 2.45) is 5.73 Å². The van der Waals surface area contributed by atoms with E-state index < -0.39 is 0 Å². The van der Waals surface area contributed by atoms with Crippen LogP contribution >= 0.6 is 11.3 Å². The number of thiazole rings is 1. The molecule has 0 aliphatic rings. The van der Waals surface area contributed by atoms with E-state index in [-0.39, 0.29) is 6.04 Å². The molecule has 0 spiro atoms. The molecule has 3 rings (SSSR count). The van der Waals surface area contributed by atoms with Crippen LogP contribution in [0.25, 0.3) is 10.8 Å². The molecule has 0 bridgehead atoms. The lowest BCUT2D eigenvalue weighted by Gasteiger charge is -2.13. The molecule has 1 aromatic carbocycles. The molecule has 3 nitrogen and oxygen atoms in total. The number of pyridine rings is 1. The molecule has 0 amide bonds. The summed E-state index contributed by atoms with van der Waals surface area (Å²) in [7, 11) is 0. The molecule has 0 saturated heterocycles. The molecule has 0 fully saturated rings. The molecule has 3 aromatic rings. The Bertz CT molecular complexity index is 728. The van der Waals surface area contributed by atoms with Crippen molar-refractivity contribution in [1.29, 1.82) is 0 Å². The minimum absolute atomic E-state index is 0.128. The topological polar surface area (TPSA) is 51.8 Å². The zero-order valence-electron chi connectivity index (χ0n) is 10.9. The number of hydrogen-bond donors (Lipinski definition) is 1. The molecule has 4 heteroatoms. The Balaban J connectivity index is 2.16. The van der Waals surface area contributed by atoms with Gasteiger partial charge in [0.2, 0.25) is 0 Å². The van der Waals surface area contributed by atoms with Crippen LogP contribution in [-0.4, -0.2) is 9.97 Å². The molecule has 0 aliphatic carbocycles. The first kappa shape index (κ1) is 12.3. The maximum absolute atomic E-state index is 6.45. The summed E-state index contributed by atoms with van der Waals surface area (Å²) in [5.41, 5.74) is 8.61. The third-order valence-corrected chi connectivity index (χ3v) is 4.43. The minimum Gasteiger partial charge on any atom is -0.320 e. The van der Waals surface area contributed by atoms with Gasteiger partial charge < -0.3 is 5.73 Å². The van der Waals surface area contributed by atoms with Crippen LogP contribution in [0, 0.1) is 13.8 Å². The first-order valence-electron chi connectivity index (χ1n) is 6.19. The molecule has 1 unspecified atom stereocenters. The summed E-state index contributed by atoms with van der Waals surface area (Å²) in [5.74, 6) is 0. The van der Waals surface area contributed by atoms with Gasteiger partial charge in [-0.25, -0.2) is 4.98 Å². The van der Waals surface area contributed by atoms with Gasteiger partial charge >= 0.3 is 0 Å². The second kappa shape index (κ2) is 4.72. The molecule has 0 radical (unpaired) electrons. The van der Waals surface area contributed by atoms with E-state index in [0.717, 1.165) is 31.9 Å². The van der Waals surface area contributed by atoms with E-state index in [1.807, 2.05) is 38.4 Å². The number of aryl methyl sites for hydroxylation is 2. The standard InChI is InChI=1S/C15H15N3S/c1-9-15(19-10(2)18-9)14(16)13-5-3-4-11-8-17-7-6-12(11)13/h3-8,14H,16H2,1-2H3. The fourth-order valence-electron chi connectivity index (χ4n) is 2.40. The van der Waals surface area contributed by atoms with E-state index in [4.69, 9.17) is 5.73 Å². The van der Waals surface area contributed by atoms with E-state index >= 15 is 0 Å². The van der Waals surface area contributed by atoms with Crippen molar-refractivity contribution in [1.82, 2.24) is 9.97 Å². The van der Waals surface area contributed by atoms with Crippen molar-refractivity contribution in [3.8, 4) is 0 Å².